The molecule has 0 saturated heterocycles. The van der Waals surface area contributed by atoms with Crippen LogP contribution in [0.2, 0.25) is 0 Å². The Bertz CT molecular complexity index is 583. The number of tetrazole rings is 2. The molecule has 0 aliphatic rings. The lowest BCUT2D eigenvalue weighted by molar-refractivity contribution is -0.141. The summed E-state index contributed by atoms with van der Waals surface area (Å²) in [6, 6.07) is 0. The molecule has 0 amide bonds. The third-order valence-corrected chi connectivity index (χ3v) is 3.62. The third-order valence-electron chi connectivity index (χ3n) is 2.67. The van der Waals surface area contributed by atoms with Crippen LogP contribution < -0.4 is 0 Å². The van der Waals surface area contributed by atoms with Crippen molar-refractivity contribution in [1.29, 1.82) is 0 Å². The summed E-state index contributed by atoms with van der Waals surface area (Å²) < 4.78 is 7.75. The molecule has 0 N–H and O–H groups in total. The number of carbonyl (C=O) groups is 1. The average molecular weight is 312 g/mol. The Morgan fingerprint density at radius 1 is 1.24 bits per heavy atom. The van der Waals surface area contributed by atoms with Gasteiger partial charge in [-0.25, -0.2) is 9.36 Å². The van der Waals surface area contributed by atoms with Crippen molar-refractivity contribution in [1.82, 2.24) is 40.4 Å². The van der Waals surface area contributed by atoms with Gasteiger partial charge in [-0.3, -0.25) is 4.79 Å². The number of esters is 1. The number of aryl methyl sites for hydroxylation is 1. The lowest BCUT2D eigenvalue weighted by atomic mass is 10.3. The zero-order valence-corrected chi connectivity index (χ0v) is 12.7. The summed E-state index contributed by atoms with van der Waals surface area (Å²) >= 11 is 1.37. The van der Waals surface area contributed by atoms with Crippen molar-refractivity contribution in [3.63, 3.8) is 0 Å². The Balaban J connectivity index is 1.96. The van der Waals surface area contributed by atoms with Crippen molar-refractivity contribution in [2.45, 2.75) is 43.8 Å². The molecule has 0 bridgehead atoms. The molecule has 2 aromatic rings. The van der Waals surface area contributed by atoms with Crippen molar-refractivity contribution >= 4 is 17.7 Å². The standard InChI is InChI=1S/C10H16N8O2S/c1-3-4-5-17-8(11-13-15-17)7-21-10-12-14-16-18(10)6-9(19)20-2/h3-7H2,1-2H3. The minimum atomic E-state index is -0.406. The minimum Gasteiger partial charge on any atom is -0.468 e. The Morgan fingerprint density at radius 3 is 2.76 bits per heavy atom. The van der Waals surface area contributed by atoms with Crippen molar-refractivity contribution in [2.75, 3.05) is 7.11 Å². The summed E-state index contributed by atoms with van der Waals surface area (Å²) in [5, 5.41) is 23.3. The molecule has 0 aromatic carbocycles. The maximum atomic E-state index is 11.3. The van der Waals surface area contributed by atoms with Crippen LogP contribution >= 0.6 is 11.8 Å². The molecule has 0 spiro atoms. The van der Waals surface area contributed by atoms with E-state index in [1.54, 1.807) is 4.68 Å². The van der Waals surface area contributed by atoms with Crippen LogP contribution in [-0.2, 0) is 28.4 Å². The van der Waals surface area contributed by atoms with Crippen molar-refractivity contribution < 1.29 is 9.53 Å². The number of aromatic nitrogens is 8. The third kappa shape index (κ3) is 4.21. The van der Waals surface area contributed by atoms with Gasteiger partial charge in [-0.15, -0.1) is 10.2 Å². The number of nitrogens with zero attached hydrogens (tertiary/aromatic N) is 8. The largest absolute Gasteiger partial charge is 0.468 e. The van der Waals surface area contributed by atoms with E-state index in [4.69, 9.17) is 0 Å². The number of hydrogen-bond acceptors (Lipinski definition) is 9. The van der Waals surface area contributed by atoms with Crippen LogP contribution in [0.5, 0.6) is 0 Å². The highest BCUT2D eigenvalue weighted by Crippen LogP contribution is 2.18. The lowest BCUT2D eigenvalue weighted by Crippen LogP contribution is -2.14. The number of carbonyl (C=O) groups excluding carboxylic acids is 1. The Labute approximate surface area is 125 Å². The van der Waals surface area contributed by atoms with Gasteiger partial charge in [-0.1, -0.05) is 25.1 Å². The topological polar surface area (TPSA) is 113 Å². The number of unbranched alkanes of at least 4 members (excludes halogenated alkanes) is 1. The first kappa shape index (κ1) is 15.4. The predicted octanol–water partition coefficient (Wildman–Crippen LogP) is -0.0750. The molecular formula is C10H16N8O2S. The Morgan fingerprint density at radius 2 is 2.00 bits per heavy atom. The fraction of sp³-hybridized carbons (Fsp3) is 0.700. The molecular weight excluding hydrogens is 296 g/mol. The molecule has 0 saturated carbocycles. The second kappa shape index (κ2) is 7.67. The summed E-state index contributed by atoms with van der Waals surface area (Å²) in [7, 11) is 1.32. The molecule has 0 aliphatic carbocycles. The molecule has 2 heterocycles. The van der Waals surface area contributed by atoms with Crippen LogP contribution in [0, 0.1) is 0 Å². The highest BCUT2D eigenvalue weighted by Gasteiger charge is 2.13. The number of ether oxygens (including phenoxy) is 1. The minimum absolute atomic E-state index is 0.0212. The maximum Gasteiger partial charge on any atom is 0.327 e. The van der Waals surface area contributed by atoms with Gasteiger partial charge >= 0.3 is 5.97 Å². The first-order valence-electron chi connectivity index (χ1n) is 6.45. The highest BCUT2D eigenvalue weighted by molar-refractivity contribution is 7.98. The Kier molecular flexibility index (Phi) is 5.60. The van der Waals surface area contributed by atoms with Gasteiger partial charge in [-0.2, -0.15) is 0 Å². The van der Waals surface area contributed by atoms with E-state index < -0.39 is 5.97 Å². The fourth-order valence-electron chi connectivity index (χ4n) is 1.52. The van der Waals surface area contributed by atoms with E-state index in [0.29, 0.717) is 10.9 Å². The zero-order chi connectivity index (χ0) is 15.1. The second-order valence-electron chi connectivity index (χ2n) is 4.16. The van der Waals surface area contributed by atoms with Crippen LogP contribution in [0.15, 0.2) is 5.16 Å². The zero-order valence-electron chi connectivity index (χ0n) is 11.8. The maximum absolute atomic E-state index is 11.3. The molecule has 0 aliphatic heterocycles. The van der Waals surface area contributed by atoms with Gasteiger partial charge in [0.05, 0.1) is 12.9 Å². The summed E-state index contributed by atoms with van der Waals surface area (Å²) in [4.78, 5) is 11.3. The van der Waals surface area contributed by atoms with Crippen LogP contribution in [0.3, 0.4) is 0 Å². The molecule has 0 fully saturated rings. The van der Waals surface area contributed by atoms with Gasteiger partial charge in [0.1, 0.15) is 6.54 Å². The highest BCUT2D eigenvalue weighted by atomic mass is 32.2. The Hall–Kier alpha value is -2.04. The molecule has 0 atom stereocenters. The van der Waals surface area contributed by atoms with Gasteiger partial charge in [0, 0.05) is 6.54 Å². The average Bonchev–Trinajstić information content (AvgIpc) is 3.11. The molecule has 114 valence electrons. The smallest absolute Gasteiger partial charge is 0.327 e. The number of methoxy groups -OCH3 is 1. The van der Waals surface area contributed by atoms with Gasteiger partial charge in [0.15, 0.2) is 5.82 Å². The second-order valence-corrected chi connectivity index (χ2v) is 5.10. The number of rotatable bonds is 8. The van der Waals surface area contributed by atoms with Crippen LogP contribution in [0.1, 0.15) is 25.6 Å². The summed E-state index contributed by atoms with van der Waals surface area (Å²) in [6.45, 7) is 2.87. The molecule has 0 unspecified atom stereocenters. The monoisotopic (exact) mass is 312 g/mol. The lowest BCUT2D eigenvalue weighted by Gasteiger charge is -2.04. The van der Waals surface area contributed by atoms with Crippen LogP contribution in [-0.4, -0.2) is 53.5 Å². The molecule has 11 heteroatoms. The van der Waals surface area contributed by atoms with E-state index in [1.807, 2.05) is 0 Å². The van der Waals surface area contributed by atoms with E-state index in [1.165, 1.54) is 23.6 Å². The van der Waals surface area contributed by atoms with Crippen molar-refractivity contribution in [3.05, 3.63) is 5.82 Å². The number of thioether (sulfide) groups is 1. The van der Waals surface area contributed by atoms with Gasteiger partial charge < -0.3 is 4.74 Å². The molecule has 10 nitrogen and oxygen atoms in total. The van der Waals surface area contributed by atoms with E-state index in [9.17, 15) is 4.79 Å². The van der Waals surface area contributed by atoms with E-state index >= 15 is 0 Å². The number of hydrogen-bond donors (Lipinski definition) is 0. The van der Waals surface area contributed by atoms with E-state index in [-0.39, 0.29) is 6.54 Å². The van der Waals surface area contributed by atoms with Crippen molar-refractivity contribution in [2.24, 2.45) is 0 Å². The van der Waals surface area contributed by atoms with Gasteiger partial charge in [0.25, 0.3) is 0 Å². The van der Waals surface area contributed by atoms with Crippen LogP contribution in [0.4, 0.5) is 0 Å². The molecule has 0 radical (unpaired) electrons. The van der Waals surface area contributed by atoms with E-state index in [2.05, 4.69) is 42.7 Å². The molecule has 2 aromatic heterocycles. The quantitative estimate of drug-likeness (QED) is 0.488. The summed E-state index contributed by atoms with van der Waals surface area (Å²) in [5.74, 6) is 0.871. The first-order valence-corrected chi connectivity index (χ1v) is 7.44. The first-order chi connectivity index (χ1) is 10.2. The summed E-state index contributed by atoms with van der Waals surface area (Å²) in [5.41, 5.74) is 0. The van der Waals surface area contributed by atoms with Crippen LogP contribution in [0.25, 0.3) is 0 Å². The van der Waals surface area contributed by atoms with E-state index in [0.717, 1.165) is 25.2 Å². The fourth-order valence-corrected chi connectivity index (χ4v) is 2.33. The normalized spacial score (nSPS) is 10.8. The molecule has 21 heavy (non-hydrogen) atoms. The summed E-state index contributed by atoms with van der Waals surface area (Å²) in [6.07, 6.45) is 2.09. The van der Waals surface area contributed by atoms with Gasteiger partial charge in [0.2, 0.25) is 5.16 Å². The predicted molar refractivity (Wildman–Crippen MR) is 72.1 cm³/mol. The SMILES string of the molecule is CCCCn1nnnc1CSc1nnnn1CC(=O)OC. The van der Waals surface area contributed by atoms with Gasteiger partial charge in [-0.05, 0) is 27.3 Å². The van der Waals surface area contributed by atoms with Crippen molar-refractivity contribution in [3.8, 4) is 0 Å². The molecule has 2 rings (SSSR count).